The monoisotopic (exact) mass is 454 g/mol. The van der Waals surface area contributed by atoms with Crippen LogP contribution in [0.4, 0.5) is 0 Å². The maximum Gasteiger partial charge on any atom is 0.270 e. The summed E-state index contributed by atoms with van der Waals surface area (Å²) in [4.78, 5) is 34.4. The van der Waals surface area contributed by atoms with Crippen molar-refractivity contribution in [2.24, 2.45) is 11.3 Å². The van der Waals surface area contributed by atoms with Gasteiger partial charge in [-0.25, -0.2) is 0 Å². The van der Waals surface area contributed by atoms with Gasteiger partial charge in [0, 0.05) is 36.8 Å². The van der Waals surface area contributed by atoms with E-state index in [1.54, 1.807) is 37.5 Å². The second kappa shape index (κ2) is 11.0. The van der Waals surface area contributed by atoms with E-state index in [4.69, 9.17) is 0 Å². The van der Waals surface area contributed by atoms with Crippen LogP contribution in [0.25, 0.3) is 0 Å². The van der Waals surface area contributed by atoms with Crippen LogP contribution >= 0.6 is 0 Å². The molecule has 3 N–H and O–H groups in total. The molecule has 0 saturated heterocycles. The summed E-state index contributed by atoms with van der Waals surface area (Å²) in [5.74, 6) is -1.11. The molecule has 0 fully saturated rings. The molecule has 0 spiro atoms. The number of carbonyl (C=O) groups excluding carboxylic acids is 2. The number of rotatable bonds is 11. The zero-order chi connectivity index (χ0) is 24.7. The number of aromatic nitrogens is 2. The molecule has 0 radical (unpaired) electrons. The zero-order valence-electron chi connectivity index (χ0n) is 20.7. The quantitative estimate of drug-likeness (QED) is 0.449. The van der Waals surface area contributed by atoms with Crippen LogP contribution in [-0.4, -0.2) is 44.4 Å². The van der Waals surface area contributed by atoms with Crippen LogP contribution in [0.1, 0.15) is 70.6 Å². The molecule has 0 aliphatic rings. The molecule has 2 rings (SSSR count). The van der Waals surface area contributed by atoms with Crippen molar-refractivity contribution in [1.29, 1.82) is 0 Å². The Hall–Kier alpha value is -2.64. The second-order valence-corrected chi connectivity index (χ2v) is 10.5. The van der Waals surface area contributed by atoms with Crippen molar-refractivity contribution in [3.63, 3.8) is 0 Å². The summed E-state index contributed by atoms with van der Waals surface area (Å²) >= 11 is 0. The molecule has 180 valence electrons. The van der Waals surface area contributed by atoms with Gasteiger partial charge in [0.25, 0.3) is 5.91 Å². The van der Waals surface area contributed by atoms with Gasteiger partial charge in [0.1, 0.15) is 11.3 Å². The van der Waals surface area contributed by atoms with Crippen LogP contribution in [0.15, 0.2) is 48.8 Å². The molecule has 2 aromatic rings. The smallest absolute Gasteiger partial charge is 0.270 e. The highest BCUT2D eigenvalue weighted by Crippen LogP contribution is 2.35. The number of hydrogen-bond donors (Lipinski definition) is 3. The minimum atomic E-state index is -1.62. The Morgan fingerprint density at radius 2 is 1.61 bits per heavy atom. The van der Waals surface area contributed by atoms with E-state index in [9.17, 15) is 14.7 Å². The average Bonchev–Trinajstić information content (AvgIpc) is 2.73. The number of ketones is 1. The number of nitrogens with zero attached hydrogens (tertiary/aromatic N) is 2. The Bertz CT molecular complexity index is 906. The number of Topliss-reactive ketones (excluding diaryl/α,β-unsaturated/α-hetero) is 1. The fraction of sp³-hybridized carbons (Fsp3) is 0.538. The van der Waals surface area contributed by atoms with Crippen LogP contribution in [0, 0.1) is 11.3 Å². The highest BCUT2D eigenvalue weighted by Gasteiger charge is 2.47. The molecule has 2 aromatic heterocycles. The average molecular weight is 455 g/mol. The Kier molecular flexibility index (Phi) is 8.86. The molecule has 2 heterocycles. The summed E-state index contributed by atoms with van der Waals surface area (Å²) in [5.41, 5.74) is -1.56. The first kappa shape index (κ1) is 26.6. The maximum atomic E-state index is 13.2. The van der Waals surface area contributed by atoms with Crippen molar-refractivity contribution in [1.82, 2.24) is 20.6 Å². The first-order chi connectivity index (χ1) is 15.3. The van der Waals surface area contributed by atoms with Crippen LogP contribution in [0.2, 0.25) is 0 Å². The van der Waals surface area contributed by atoms with Crippen molar-refractivity contribution in [3.8, 4) is 0 Å². The molecule has 33 heavy (non-hydrogen) atoms. The summed E-state index contributed by atoms with van der Waals surface area (Å²) in [6.07, 6.45) is 4.02. The molecule has 0 saturated carbocycles. The molecule has 7 nitrogen and oxygen atoms in total. The molecule has 1 amide bonds. The Morgan fingerprint density at radius 3 is 2.15 bits per heavy atom. The number of amides is 1. The van der Waals surface area contributed by atoms with E-state index >= 15 is 0 Å². The van der Waals surface area contributed by atoms with E-state index < -0.39 is 17.1 Å². The minimum Gasteiger partial charge on any atom is -0.382 e. The van der Waals surface area contributed by atoms with Gasteiger partial charge in [-0.1, -0.05) is 32.9 Å². The predicted octanol–water partition coefficient (Wildman–Crippen LogP) is 3.54. The van der Waals surface area contributed by atoms with Crippen LogP contribution in [0.5, 0.6) is 0 Å². The number of pyridine rings is 2. The van der Waals surface area contributed by atoms with E-state index in [2.05, 4.69) is 20.6 Å². The van der Waals surface area contributed by atoms with Crippen molar-refractivity contribution >= 4 is 11.7 Å². The first-order valence-electron chi connectivity index (χ1n) is 11.4. The number of carbonyl (C=O) groups is 2. The van der Waals surface area contributed by atoms with Gasteiger partial charge in [-0.15, -0.1) is 0 Å². The fourth-order valence-electron chi connectivity index (χ4n) is 4.11. The third kappa shape index (κ3) is 8.02. The third-order valence-electron chi connectivity index (χ3n) is 5.78. The second-order valence-electron chi connectivity index (χ2n) is 10.5. The van der Waals surface area contributed by atoms with Gasteiger partial charge < -0.3 is 15.7 Å². The lowest BCUT2D eigenvalue weighted by Crippen LogP contribution is -2.60. The lowest BCUT2D eigenvalue weighted by Gasteiger charge is -2.44. The van der Waals surface area contributed by atoms with E-state index in [1.165, 1.54) is 0 Å². The van der Waals surface area contributed by atoms with E-state index in [0.717, 1.165) is 5.69 Å². The van der Waals surface area contributed by atoms with Crippen molar-refractivity contribution in [3.05, 3.63) is 60.2 Å². The summed E-state index contributed by atoms with van der Waals surface area (Å²) in [6.45, 7) is 12.3. The van der Waals surface area contributed by atoms with Gasteiger partial charge in [-0.05, 0) is 63.4 Å². The maximum absolute atomic E-state index is 13.2. The summed E-state index contributed by atoms with van der Waals surface area (Å²) in [6, 6.07) is 10.9. The molecule has 2 unspecified atom stereocenters. The predicted molar refractivity (Wildman–Crippen MR) is 130 cm³/mol. The molecular weight excluding hydrogens is 416 g/mol. The molecule has 0 aliphatic heterocycles. The van der Waals surface area contributed by atoms with Crippen molar-refractivity contribution in [2.75, 3.05) is 6.54 Å². The molecule has 7 heteroatoms. The number of aliphatic hydroxyl groups is 1. The van der Waals surface area contributed by atoms with Crippen LogP contribution in [0.3, 0.4) is 0 Å². The van der Waals surface area contributed by atoms with E-state index in [1.807, 2.05) is 52.8 Å². The molecule has 0 bridgehead atoms. The molecule has 2 atom stereocenters. The van der Waals surface area contributed by atoms with E-state index in [0.29, 0.717) is 25.2 Å². The highest BCUT2D eigenvalue weighted by atomic mass is 16.3. The van der Waals surface area contributed by atoms with Gasteiger partial charge in [-0.3, -0.25) is 19.6 Å². The normalized spacial score (nSPS) is 14.9. The largest absolute Gasteiger partial charge is 0.382 e. The first-order valence-corrected chi connectivity index (χ1v) is 11.4. The Labute approximate surface area is 197 Å². The summed E-state index contributed by atoms with van der Waals surface area (Å²) < 4.78 is 0. The lowest BCUT2D eigenvalue weighted by molar-refractivity contribution is -0.147. The van der Waals surface area contributed by atoms with Crippen molar-refractivity contribution < 1.29 is 14.7 Å². The summed E-state index contributed by atoms with van der Waals surface area (Å²) in [7, 11) is 0. The molecule has 0 aromatic carbocycles. The van der Waals surface area contributed by atoms with Crippen molar-refractivity contribution in [2.45, 2.75) is 72.1 Å². The topological polar surface area (TPSA) is 104 Å². The number of hydrogen-bond acceptors (Lipinski definition) is 6. The minimum absolute atomic E-state index is 0.232. The van der Waals surface area contributed by atoms with Gasteiger partial charge in [0.2, 0.25) is 0 Å². The summed E-state index contributed by atoms with van der Waals surface area (Å²) in [5, 5.41) is 17.8. The van der Waals surface area contributed by atoms with Gasteiger partial charge in [0.05, 0.1) is 5.69 Å². The Morgan fingerprint density at radius 1 is 0.970 bits per heavy atom. The molecule has 0 aliphatic carbocycles. The highest BCUT2D eigenvalue weighted by molar-refractivity contribution is 5.93. The number of nitrogens with one attached hydrogen (secondary N) is 2. The van der Waals surface area contributed by atoms with Gasteiger partial charge in [-0.2, -0.15) is 0 Å². The Balaban J connectivity index is 2.20. The van der Waals surface area contributed by atoms with Crippen LogP contribution in [-0.2, 0) is 11.3 Å². The lowest BCUT2D eigenvalue weighted by atomic mass is 9.69. The zero-order valence-corrected chi connectivity index (χ0v) is 20.7. The standard InChI is InChI=1S/C26H38N4O3/c1-24(2,3)17-22(31)26(6,33)21(13-16-27-18-19-11-7-9-14-28-19)25(4,5)30-23(32)20-12-8-10-15-29-20/h7-12,14-15,21,27,33H,13,16-18H2,1-6H3,(H,30,32). The fourth-order valence-corrected chi connectivity index (χ4v) is 4.11. The van der Waals surface area contributed by atoms with Gasteiger partial charge in [0.15, 0.2) is 5.78 Å². The third-order valence-corrected chi connectivity index (χ3v) is 5.78. The van der Waals surface area contributed by atoms with E-state index in [-0.39, 0.29) is 23.5 Å². The SMILES string of the molecule is CC(C)(C)CC(=O)C(C)(O)C(CCNCc1ccccn1)C(C)(C)NC(=O)c1ccccn1. The molecular formula is C26H38N4O3. The van der Waals surface area contributed by atoms with Crippen LogP contribution < -0.4 is 10.6 Å². The van der Waals surface area contributed by atoms with Gasteiger partial charge >= 0.3 is 0 Å².